The quantitative estimate of drug-likeness (QED) is 0.880. The van der Waals surface area contributed by atoms with E-state index in [9.17, 15) is 0 Å². The summed E-state index contributed by atoms with van der Waals surface area (Å²) >= 11 is 0. The molecule has 3 heteroatoms. The lowest BCUT2D eigenvalue weighted by molar-refractivity contribution is 0.217. The van der Waals surface area contributed by atoms with E-state index in [0.29, 0.717) is 6.04 Å². The first-order valence-electron chi connectivity index (χ1n) is 7.39. The molecule has 106 valence electrons. The van der Waals surface area contributed by atoms with Crippen LogP contribution in [0.3, 0.4) is 0 Å². The molecule has 1 aromatic carbocycles. The topological polar surface area (TPSA) is 24.5 Å². The standard InChI is InChI=1S/C16H26N2O/c1-4-13(2)19-16-7-5-6-15(12-16)17-14-8-10-18(3)11-9-14/h5-7,12-14,17H,4,8-11H2,1-3H3. The van der Waals surface area contributed by atoms with Gasteiger partial charge in [0.05, 0.1) is 6.10 Å². The smallest absolute Gasteiger partial charge is 0.121 e. The van der Waals surface area contributed by atoms with Crippen molar-refractivity contribution in [3.8, 4) is 5.75 Å². The summed E-state index contributed by atoms with van der Waals surface area (Å²) < 4.78 is 5.86. The predicted molar refractivity (Wildman–Crippen MR) is 81.0 cm³/mol. The van der Waals surface area contributed by atoms with Crippen LogP contribution in [0.15, 0.2) is 24.3 Å². The minimum atomic E-state index is 0.276. The summed E-state index contributed by atoms with van der Waals surface area (Å²) in [6.45, 7) is 6.61. The van der Waals surface area contributed by atoms with Gasteiger partial charge in [-0.2, -0.15) is 0 Å². The average molecular weight is 262 g/mol. The van der Waals surface area contributed by atoms with E-state index in [1.54, 1.807) is 0 Å². The second-order valence-electron chi connectivity index (χ2n) is 5.59. The molecule has 2 rings (SSSR count). The Balaban J connectivity index is 1.91. The summed E-state index contributed by atoms with van der Waals surface area (Å²) in [7, 11) is 2.19. The number of benzene rings is 1. The van der Waals surface area contributed by atoms with Gasteiger partial charge >= 0.3 is 0 Å². The van der Waals surface area contributed by atoms with Gasteiger partial charge in [-0.3, -0.25) is 0 Å². The Labute approximate surface area is 116 Å². The van der Waals surface area contributed by atoms with E-state index in [4.69, 9.17) is 4.74 Å². The van der Waals surface area contributed by atoms with Crippen LogP contribution in [-0.2, 0) is 0 Å². The van der Waals surface area contributed by atoms with E-state index in [0.717, 1.165) is 12.2 Å². The summed E-state index contributed by atoms with van der Waals surface area (Å²) in [5.74, 6) is 0.965. The van der Waals surface area contributed by atoms with Gasteiger partial charge in [0.25, 0.3) is 0 Å². The van der Waals surface area contributed by atoms with Crippen LogP contribution >= 0.6 is 0 Å². The van der Waals surface area contributed by atoms with Crippen LogP contribution in [0.1, 0.15) is 33.1 Å². The Morgan fingerprint density at radius 2 is 2.11 bits per heavy atom. The number of anilines is 1. The summed E-state index contributed by atoms with van der Waals surface area (Å²) in [6.07, 6.45) is 3.74. The summed E-state index contributed by atoms with van der Waals surface area (Å²) in [4.78, 5) is 2.39. The summed E-state index contributed by atoms with van der Waals surface area (Å²) in [5.41, 5.74) is 1.18. The SMILES string of the molecule is CCC(C)Oc1cccc(NC2CCN(C)CC2)c1. The lowest BCUT2D eigenvalue weighted by atomic mass is 10.1. The van der Waals surface area contributed by atoms with Gasteiger partial charge in [0.2, 0.25) is 0 Å². The van der Waals surface area contributed by atoms with Gasteiger partial charge in [-0.15, -0.1) is 0 Å². The van der Waals surface area contributed by atoms with Gasteiger partial charge in [0.15, 0.2) is 0 Å². The van der Waals surface area contributed by atoms with Crippen LogP contribution in [0, 0.1) is 0 Å². The van der Waals surface area contributed by atoms with Crippen molar-refractivity contribution < 1.29 is 4.74 Å². The van der Waals surface area contributed by atoms with Gasteiger partial charge in [-0.1, -0.05) is 13.0 Å². The summed E-state index contributed by atoms with van der Waals surface area (Å²) in [5, 5.41) is 3.63. The number of nitrogens with zero attached hydrogens (tertiary/aromatic N) is 1. The Kier molecular flexibility index (Phi) is 5.08. The van der Waals surface area contributed by atoms with Gasteiger partial charge in [0.1, 0.15) is 5.75 Å². The van der Waals surface area contributed by atoms with Gasteiger partial charge < -0.3 is 15.0 Å². The maximum absolute atomic E-state index is 5.86. The van der Waals surface area contributed by atoms with Crippen molar-refractivity contribution in [2.45, 2.75) is 45.3 Å². The highest BCUT2D eigenvalue weighted by Gasteiger charge is 2.16. The normalized spacial score (nSPS) is 19.1. The van der Waals surface area contributed by atoms with Crippen molar-refractivity contribution in [3.63, 3.8) is 0 Å². The number of nitrogens with one attached hydrogen (secondary N) is 1. The van der Waals surface area contributed by atoms with Crippen molar-refractivity contribution in [3.05, 3.63) is 24.3 Å². The van der Waals surface area contributed by atoms with Crippen LogP contribution in [0.25, 0.3) is 0 Å². The van der Waals surface area contributed by atoms with Gasteiger partial charge in [0, 0.05) is 17.8 Å². The Bertz CT molecular complexity index is 386. The van der Waals surface area contributed by atoms with Crippen molar-refractivity contribution in [1.29, 1.82) is 0 Å². The molecule has 0 amide bonds. The largest absolute Gasteiger partial charge is 0.491 e. The molecule has 1 fully saturated rings. The molecule has 3 nitrogen and oxygen atoms in total. The minimum absolute atomic E-state index is 0.276. The van der Waals surface area contributed by atoms with E-state index in [1.807, 2.05) is 6.07 Å². The number of hydrogen-bond acceptors (Lipinski definition) is 3. The molecule has 0 saturated carbocycles. The number of piperidine rings is 1. The molecule has 19 heavy (non-hydrogen) atoms. The zero-order valence-corrected chi connectivity index (χ0v) is 12.4. The van der Waals surface area contributed by atoms with Crippen LogP contribution < -0.4 is 10.1 Å². The molecule has 0 spiro atoms. The molecule has 1 saturated heterocycles. The van der Waals surface area contributed by atoms with Crippen LogP contribution in [0.2, 0.25) is 0 Å². The molecule has 1 unspecified atom stereocenters. The zero-order chi connectivity index (χ0) is 13.7. The molecule has 0 bridgehead atoms. The van der Waals surface area contributed by atoms with Crippen molar-refractivity contribution >= 4 is 5.69 Å². The first kappa shape index (κ1) is 14.2. The lowest BCUT2D eigenvalue weighted by Gasteiger charge is -2.30. The van der Waals surface area contributed by atoms with Crippen LogP contribution in [0.5, 0.6) is 5.75 Å². The van der Waals surface area contributed by atoms with E-state index in [2.05, 4.69) is 49.3 Å². The molecule has 1 aliphatic heterocycles. The number of likely N-dealkylation sites (tertiary alicyclic amines) is 1. The van der Waals surface area contributed by atoms with E-state index in [1.165, 1.54) is 31.6 Å². The minimum Gasteiger partial charge on any atom is -0.491 e. The maximum atomic E-state index is 5.86. The second-order valence-corrected chi connectivity index (χ2v) is 5.59. The number of ether oxygens (including phenoxy) is 1. The fraction of sp³-hybridized carbons (Fsp3) is 0.625. The van der Waals surface area contributed by atoms with Crippen molar-refractivity contribution in [2.24, 2.45) is 0 Å². The average Bonchev–Trinajstić information content (AvgIpc) is 2.42. The fourth-order valence-electron chi connectivity index (χ4n) is 2.36. The molecule has 1 atom stereocenters. The molecule has 1 aliphatic rings. The highest BCUT2D eigenvalue weighted by atomic mass is 16.5. The first-order valence-corrected chi connectivity index (χ1v) is 7.39. The third kappa shape index (κ3) is 4.43. The Morgan fingerprint density at radius 3 is 2.79 bits per heavy atom. The molecular weight excluding hydrogens is 236 g/mol. The zero-order valence-electron chi connectivity index (χ0n) is 12.4. The first-order chi connectivity index (χ1) is 9.17. The molecule has 0 radical (unpaired) electrons. The molecule has 1 aromatic rings. The third-order valence-corrected chi connectivity index (χ3v) is 3.84. The molecular formula is C16H26N2O. The summed E-state index contributed by atoms with van der Waals surface area (Å²) in [6, 6.07) is 8.93. The monoisotopic (exact) mass is 262 g/mol. The fourth-order valence-corrected chi connectivity index (χ4v) is 2.36. The lowest BCUT2D eigenvalue weighted by Crippen LogP contribution is -2.36. The van der Waals surface area contributed by atoms with Crippen LogP contribution in [0.4, 0.5) is 5.69 Å². The highest BCUT2D eigenvalue weighted by Crippen LogP contribution is 2.22. The maximum Gasteiger partial charge on any atom is 0.121 e. The molecule has 0 aliphatic carbocycles. The Hall–Kier alpha value is -1.22. The van der Waals surface area contributed by atoms with Crippen molar-refractivity contribution in [1.82, 2.24) is 4.90 Å². The van der Waals surface area contributed by atoms with E-state index in [-0.39, 0.29) is 6.10 Å². The van der Waals surface area contributed by atoms with Crippen molar-refractivity contribution in [2.75, 3.05) is 25.5 Å². The number of hydrogen-bond donors (Lipinski definition) is 1. The van der Waals surface area contributed by atoms with E-state index >= 15 is 0 Å². The Morgan fingerprint density at radius 1 is 1.37 bits per heavy atom. The van der Waals surface area contributed by atoms with Crippen LogP contribution in [-0.4, -0.2) is 37.2 Å². The van der Waals surface area contributed by atoms with Gasteiger partial charge in [-0.05, 0) is 58.5 Å². The third-order valence-electron chi connectivity index (χ3n) is 3.84. The molecule has 1 heterocycles. The molecule has 1 N–H and O–H groups in total. The van der Waals surface area contributed by atoms with Gasteiger partial charge in [-0.25, -0.2) is 0 Å². The highest BCUT2D eigenvalue weighted by molar-refractivity contribution is 5.49. The molecule has 0 aromatic heterocycles. The predicted octanol–water partition coefficient (Wildman–Crippen LogP) is 3.37. The van der Waals surface area contributed by atoms with E-state index < -0.39 is 0 Å². The second kappa shape index (κ2) is 6.80. The number of rotatable bonds is 5.